The summed E-state index contributed by atoms with van der Waals surface area (Å²) < 4.78 is 33.2. The first-order chi connectivity index (χ1) is 15.2. The summed E-state index contributed by atoms with van der Waals surface area (Å²) in [6.45, 7) is 4.54. The smallest absolute Gasteiger partial charge is 0.254 e. The van der Waals surface area contributed by atoms with Crippen molar-refractivity contribution in [2.45, 2.75) is 37.7 Å². The second-order valence-electron chi connectivity index (χ2n) is 7.97. The third-order valence-corrected chi connectivity index (χ3v) is 6.94. The van der Waals surface area contributed by atoms with Crippen molar-refractivity contribution in [1.29, 1.82) is 0 Å². The van der Waals surface area contributed by atoms with E-state index in [1.54, 1.807) is 6.07 Å². The number of likely N-dealkylation sites (N-methyl/N-ethyl adjacent to an activating group) is 1. The summed E-state index contributed by atoms with van der Waals surface area (Å²) >= 11 is 0. The predicted molar refractivity (Wildman–Crippen MR) is 122 cm³/mol. The minimum absolute atomic E-state index is 0.00501. The first-order valence-corrected chi connectivity index (χ1v) is 12.0. The number of benzene rings is 2. The number of aryl methyl sites for hydroxylation is 1. The SMILES string of the molecule is Cc1cccc(NC(=O)CN(C)C(=O)c2cccc(S(=O)(=O)NC[C@H]3CCCO3)c2)c1C. The lowest BCUT2D eigenvalue weighted by molar-refractivity contribution is -0.116. The number of nitrogens with one attached hydrogen (secondary N) is 2. The highest BCUT2D eigenvalue weighted by molar-refractivity contribution is 7.89. The van der Waals surface area contributed by atoms with Crippen LogP contribution in [0, 0.1) is 13.8 Å². The second-order valence-corrected chi connectivity index (χ2v) is 9.74. The van der Waals surface area contributed by atoms with E-state index < -0.39 is 15.9 Å². The molecular formula is C23H29N3O5S. The van der Waals surface area contributed by atoms with Gasteiger partial charge in [0.15, 0.2) is 0 Å². The quantitative estimate of drug-likeness (QED) is 0.631. The highest BCUT2D eigenvalue weighted by Crippen LogP contribution is 2.18. The van der Waals surface area contributed by atoms with E-state index >= 15 is 0 Å². The van der Waals surface area contributed by atoms with Crippen molar-refractivity contribution in [3.63, 3.8) is 0 Å². The third kappa shape index (κ3) is 5.93. The largest absolute Gasteiger partial charge is 0.377 e. The molecule has 32 heavy (non-hydrogen) atoms. The number of ether oxygens (including phenoxy) is 1. The van der Waals surface area contributed by atoms with Gasteiger partial charge in [0.25, 0.3) is 5.91 Å². The Labute approximate surface area is 189 Å². The van der Waals surface area contributed by atoms with Crippen LogP contribution in [0.5, 0.6) is 0 Å². The Bertz CT molecular complexity index is 1090. The number of carbonyl (C=O) groups excluding carboxylic acids is 2. The van der Waals surface area contributed by atoms with Crippen molar-refractivity contribution >= 4 is 27.5 Å². The van der Waals surface area contributed by atoms with Crippen LogP contribution in [0.25, 0.3) is 0 Å². The van der Waals surface area contributed by atoms with E-state index in [1.165, 1.54) is 36.2 Å². The summed E-state index contributed by atoms with van der Waals surface area (Å²) in [6.07, 6.45) is 1.60. The molecule has 3 rings (SSSR count). The van der Waals surface area contributed by atoms with E-state index in [1.807, 2.05) is 26.0 Å². The van der Waals surface area contributed by atoms with Crippen molar-refractivity contribution in [1.82, 2.24) is 9.62 Å². The normalized spacial score (nSPS) is 16.0. The fourth-order valence-corrected chi connectivity index (χ4v) is 4.58. The number of carbonyl (C=O) groups is 2. The Kier molecular flexibility index (Phi) is 7.65. The number of hydrogen-bond donors (Lipinski definition) is 2. The maximum absolute atomic E-state index is 12.8. The Hall–Kier alpha value is -2.75. The van der Waals surface area contributed by atoms with Gasteiger partial charge in [0.2, 0.25) is 15.9 Å². The van der Waals surface area contributed by atoms with Crippen molar-refractivity contribution in [2.24, 2.45) is 0 Å². The fourth-order valence-electron chi connectivity index (χ4n) is 3.47. The number of anilines is 1. The summed E-state index contributed by atoms with van der Waals surface area (Å²) in [6, 6.07) is 11.4. The molecule has 1 saturated heterocycles. The Balaban J connectivity index is 1.63. The summed E-state index contributed by atoms with van der Waals surface area (Å²) in [7, 11) is -2.28. The highest BCUT2D eigenvalue weighted by Gasteiger charge is 2.22. The summed E-state index contributed by atoms with van der Waals surface area (Å²) in [5.74, 6) is -0.783. The van der Waals surface area contributed by atoms with Crippen LogP contribution in [0.1, 0.15) is 34.3 Å². The first kappa shape index (κ1) is 23.9. The van der Waals surface area contributed by atoms with Gasteiger partial charge in [-0.25, -0.2) is 13.1 Å². The fraction of sp³-hybridized carbons (Fsp3) is 0.391. The zero-order valence-electron chi connectivity index (χ0n) is 18.6. The molecular weight excluding hydrogens is 430 g/mol. The van der Waals surface area contributed by atoms with Gasteiger partial charge in [0.1, 0.15) is 0 Å². The molecule has 1 fully saturated rings. The van der Waals surface area contributed by atoms with Crippen LogP contribution in [0.4, 0.5) is 5.69 Å². The molecule has 2 aromatic carbocycles. The molecule has 1 heterocycles. The molecule has 172 valence electrons. The van der Waals surface area contributed by atoms with Gasteiger partial charge in [-0.15, -0.1) is 0 Å². The molecule has 8 nitrogen and oxygen atoms in total. The number of amides is 2. The minimum Gasteiger partial charge on any atom is -0.377 e. The zero-order valence-corrected chi connectivity index (χ0v) is 19.4. The van der Waals surface area contributed by atoms with E-state index in [0.29, 0.717) is 12.3 Å². The van der Waals surface area contributed by atoms with E-state index in [9.17, 15) is 18.0 Å². The molecule has 2 amide bonds. The number of rotatable bonds is 8. The second kappa shape index (κ2) is 10.2. The summed E-state index contributed by atoms with van der Waals surface area (Å²) in [5, 5.41) is 2.82. The third-order valence-electron chi connectivity index (χ3n) is 5.52. The molecule has 0 aromatic heterocycles. The van der Waals surface area contributed by atoms with E-state index in [-0.39, 0.29) is 35.6 Å². The van der Waals surface area contributed by atoms with Gasteiger partial charge in [0.05, 0.1) is 17.5 Å². The molecule has 1 aliphatic rings. The Morgan fingerprint density at radius 2 is 1.91 bits per heavy atom. The van der Waals surface area contributed by atoms with Gasteiger partial charge >= 0.3 is 0 Å². The zero-order chi connectivity index (χ0) is 23.3. The van der Waals surface area contributed by atoms with Gasteiger partial charge in [-0.3, -0.25) is 9.59 Å². The Morgan fingerprint density at radius 3 is 2.62 bits per heavy atom. The van der Waals surface area contributed by atoms with Crippen molar-refractivity contribution in [3.8, 4) is 0 Å². The topological polar surface area (TPSA) is 105 Å². The van der Waals surface area contributed by atoms with Crippen LogP contribution in [0.3, 0.4) is 0 Å². The van der Waals surface area contributed by atoms with Crippen molar-refractivity contribution < 1.29 is 22.7 Å². The van der Waals surface area contributed by atoms with Crippen LogP contribution in [0.2, 0.25) is 0 Å². The maximum atomic E-state index is 12.8. The first-order valence-electron chi connectivity index (χ1n) is 10.5. The van der Waals surface area contributed by atoms with Crippen LogP contribution in [-0.2, 0) is 19.6 Å². The molecule has 0 spiro atoms. The van der Waals surface area contributed by atoms with Gasteiger partial charge in [-0.2, -0.15) is 0 Å². The Morgan fingerprint density at radius 1 is 1.16 bits per heavy atom. The summed E-state index contributed by atoms with van der Waals surface area (Å²) in [4.78, 5) is 26.5. The lowest BCUT2D eigenvalue weighted by Crippen LogP contribution is -2.35. The number of nitrogens with zero attached hydrogens (tertiary/aromatic N) is 1. The predicted octanol–water partition coefficient (Wildman–Crippen LogP) is 2.47. The average Bonchev–Trinajstić information content (AvgIpc) is 3.29. The van der Waals surface area contributed by atoms with Crippen molar-refractivity contribution in [3.05, 3.63) is 59.2 Å². The molecule has 0 aliphatic carbocycles. The monoisotopic (exact) mass is 459 g/mol. The van der Waals surface area contributed by atoms with Crippen LogP contribution >= 0.6 is 0 Å². The molecule has 2 N–H and O–H groups in total. The van der Waals surface area contributed by atoms with E-state index in [0.717, 1.165) is 24.0 Å². The molecule has 1 atom stereocenters. The van der Waals surface area contributed by atoms with Crippen LogP contribution in [-0.4, -0.2) is 58.0 Å². The van der Waals surface area contributed by atoms with Gasteiger partial charge in [0, 0.05) is 31.5 Å². The number of sulfonamides is 1. The van der Waals surface area contributed by atoms with Crippen molar-refractivity contribution in [2.75, 3.05) is 32.1 Å². The van der Waals surface area contributed by atoms with Gasteiger partial charge in [-0.1, -0.05) is 18.2 Å². The maximum Gasteiger partial charge on any atom is 0.254 e. The molecule has 1 aliphatic heterocycles. The van der Waals surface area contributed by atoms with Crippen LogP contribution < -0.4 is 10.0 Å². The molecule has 2 aromatic rings. The molecule has 0 bridgehead atoms. The molecule has 0 radical (unpaired) electrons. The average molecular weight is 460 g/mol. The lowest BCUT2D eigenvalue weighted by Gasteiger charge is -2.18. The molecule has 0 saturated carbocycles. The van der Waals surface area contributed by atoms with Gasteiger partial charge in [-0.05, 0) is 62.1 Å². The number of hydrogen-bond acceptors (Lipinski definition) is 5. The highest BCUT2D eigenvalue weighted by atomic mass is 32.2. The van der Waals surface area contributed by atoms with E-state index in [4.69, 9.17) is 4.74 Å². The standard InChI is InChI=1S/C23H29N3O5S/c1-16-7-4-11-21(17(16)2)25-22(27)15-26(3)23(28)18-8-5-10-20(13-18)32(29,30)24-14-19-9-6-12-31-19/h4-5,7-8,10-11,13,19,24H,6,9,12,14-15H2,1-3H3,(H,25,27)/t19-/m1/s1. The lowest BCUT2D eigenvalue weighted by atomic mass is 10.1. The van der Waals surface area contributed by atoms with Crippen LogP contribution in [0.15, 0.2) is 47.4 Å². The summed E-state index contributed by atoms with van der Waals surface area (Å²) in [5.41, 5.74) is 2.90. The molecule has 0 unspecified atom stereocenters. The molecule has 9 heteroatoms. The van der Waals surface area contributed by atoms with E-state index in [2.05, 4.69) is 10.0 Å². The minimum atomic E-state index is -3.78. The van der Waals surface area contributed by atoms with Gasteiger partial charge < -0.3 is 15.0 Å².